The summed E-state index contributed by atoms with van der Waals surface area (Å²) in [4.78, 5) is 16.7. The molecule has 3 nitrogen and oxygen atoms in total. The summed E-state index contributed by atoms with van der Waals surface area (Å²) in [6, 6.07) is 0. The van der Waals surface area contributed by atoms with Gasteiger partial charge in [0, 0.05) is 25.7 Å². The molecule has 0 amide bonds. The van der Waals surface area contributed by atoms with Gasteiger partial charge in [-0.15, -0.1) is 0 Å². The van der Waals surface area contributed by atoms with Gasteiger partial charge in [-0.05, 0) is 31.3 Å². The molecule has 0 saturated carbocycles. The number of nitrogens with zero attached hydrogens (tertiary/aromatic N) is 2. The summed E-state index contributed by atoms with van der Waals surface area (Å²) in [5.41, 5.74) is 1.89. The lowest BCUT2D eigenvalue weighted by molar-refractivity contribution is 0.281. The lowest BCUT2D eigenvalue weighted by atomic mass is 9.82. The van der Waals surface area contributed by atoms with E-state index in [1.54, 1.807) is 0 Å². The fourth-order valence-electron chi connectivity index (χ4n) is 2.81. The Hall–Kier alpha value is -0.740. The number of hydrogen-bond acceptors (Lipinski definition) is 4. The first kappa shape index (κ1) is 18.3. The molecule has 4 heteroatoms. The van der Waals surface area contributed by atoms with Crippen molar-refractivity contribution in [3.8, 4) is 0 Å². The molecule has 0 N–H and O–H groups in total. The topological polar surface area (TPSA) is 23.6 Å². The molecule has 0 bridgehead atoms. The standard InChI is InChI=1S/C17H30N2OS/c1-7-9-19(10-8-2)12-11-18(6)14-13(17(3,4)5)16(21)15(14)20/h7-12H2,1-6H3. The summed E-state index contributed by atoms with van der Waals surface area (Å²) in [6.45, 7) is 14.9. The van der Waals surface area contributed by atoms with Crippen molar-refractivity contribution in [1.82, 2.24) is 4.90 Å². The molecular formula is C17H30N2OS. The molecule has 0 aliphatic carbocycles. The van der Waals surface area contributed by atoms with Crippen LogP contribution in [0, 0.1) is 4.51 Å². The highest BCUT2D eigenvalue weighted by Crippen LogP contribution is 2.32. The van der Waals surface area contributed by atoms with Crippen LogP contribution >= 0.6 is 12.2 Å². The average molecular weight is 311 g/mol. The summed E-state index contributed by atoms with van der Waals surface area (Å²) in [5.74, 6) is 0. The van der Waals surface area contributed by atoms with Crippen molar-refractivity contribution in [3.05, 3.63) is 20.3 Å². The van der Waals surface area contributed by atoms with Crippen molar-refractivity contribution in [3.63, 3.8) is 0 Å². The smallest absolute Gasteiger partial charge is 0.220 e. The van der Waals surface area contributed by atoms with Crippen molar-refractivity contribution in [1.29, 1.82) is 0 Å². The van der Waals surface area contributed by atoms with E-state index in [9.17, 15) is 4.79 Å². The third-order valence-corrected chi connectivity index (χ3v) is 4.24. The molecule has 0 heterocycles. The number of rotatable bonds is 8. The monoisotopic (exact) mass is 310 g/mol. The number of likely N-dealkylation sites (N-methyl/N-ethyl adjacent to an activating group) is 1. The van der Waals surface area contributed by atoms with E-state index in [0.29, 0.717) is 4.51 Å². The van der Waals surface area contributed by atoms with Crippen LogP contribution in [0.4, 0.5) is 5.69 Å². The summed E-state index contributed by atoms with van der Waals surface area (Å²) in [5, 5.41) is 0. The second kappa shape index (κ2) is 7.50. The van der Waals surface area contributed by atoms with Gasteiger partial charge < -0.3 is 9.80 Å². The molecule has 1 aromatic rings. The molecule has 0 unspecified atom stereocenters. The van der Waals surface area contributed by atoms with E-state index >= 15 is 0 Å². The normalized spacial score (nSPS) is 12.3. The Balaban J connectivity index is 2.77. The predicted molar refractivity (Wildman–Crippen MR) is 94.9 cm³/mol. The average Bonchev–Trinajstić information content (AvgIpc) is 2.39. The third kappa shape index (κ3) is 4.36. The molecule has 0 aliphatic heterocycles. The molecule has 0 aliphatic rings. The van der Waals surface area contributed by atoms with Gasteiger partial charge in [-0.2, -0.15) is 0 Å². The van der Waals surface area contributed by atoms with Crippen LogP contribution < -0.4 is 10.3 Å². The Kier molecular flexibility index (Phi) is 6.54. The molecule has 0 spiro atoms. The highest BCUT2D eigenvalue weighted by molar-refractivity contribution is 7.71. The van der Waals surface area contributed by atoms with Gasteiger partial charge in [0.25, 0.3) is 0 Å². The van der Waals surface area contributed by atoms with Crippen molar-refractivity contribution < 1.29 is 0 Å². The van der Waals surface area contributed by atoms with Gasteiger partial charge >= 0.3 is 0 Å². The molecule has 120 valence electrons. The second-order valence-corrected chi connectivity index (χ2v) is 7.30. The van der Waals surface area contributed by atoms with Crippen LogP contribution in [0.25, 0.3) is 0 Å². The minimum absolute atomic E-state index is 0.0509. The van der Waals surface area contributed by atoms with Gasteiger partial charge in [-0.3, -0.25) is 4.79 Å². The molecule has 1 rings (SSSR count). The van der Waals surface area contributed by atoms with E-state index in [4.69, 9.17) is 12.2 Å². The van der Waals surface area contributed by atoms with Crippen LogP contribution in [0.15, 0.2) is 4.79 Å². The maximum absolute atomic E-state index is 12.1. The zero-order chi connectivity index (χ0) is 16.2. The maximum Gasteiger partial charge on any atom is 0.220 e. The third-order valence-electron chi connectivity index (χ3n) is 3.85. The second-order valence-electron chi connectivity index (χ2n) is 6.90. The summed E-state index contributed by atoms with van der Waals surface area (Å²) in [7, 11) is 2.01. The Morgan fingerprint density at radius 3 is 1.95 bits per heavy atom. The van der Waals surface area contributed by atoms with Crippen molar-refractivity contribution in [2.45, 2.75) is 52.9 Å². The maximum atomic E-state index is 12.1. The van der Waals surface area contributed by atoms with Crippen molar-refractivity contribution >= 4 is 17.9 Å². The first-order valence-electron chi connectivity index (χ1n) is 8.01. The van der Waals surface area contributed by atoms with Crippen LogP contribution in [-0.4, -0.2) is 38.1 Å². The van der Waals surface area contributed by atoms with Crippen LogP contribution in [0.2, 0.25) is 0 Å². The van der Waals surface area contributed by atoms with E-state index < -0.39 is 0 Å². The fourth-order valence-corrected chi connectivity index (χ4v) is 3.31. The lowest BCUT2D eigenvalue weighted by Gasteiger charge is -2.32. The van der Waals surface area contributed by atoms with E-state index in [1.165, 1.54) is 12.8 Å². The largest absolute Gasteiger partial charge is 0.370 e. The minimum atomic E-state index is -0.0545. The molecule has 0 radical (unpaired) electrons. The van der Waals surface area contributed by atoms with Gasteiger partial charge in [0.15, 0.2) is 0 Å². The Bertz CT molecular complexity index is 517. The predicted octanol–water partition coefficient (Wildman–Crippen LogP) is 3.51. The Morgan fingerprint density at radius 1 is 1.00 bits per heavy atom. The van der Waals surface area contributed by atoms with Gasteiger partial charge in [0.05, 0.1) is 10.2 Å². The lowest BCUT2D eigenvalue weighted by Crippen LogP contribution is -2.39. The van der Waals surface area contributed by atoms with Gasteiger partial charge in [0.2, 0.25) is 5.43 Å². The first-order valence-corrected chi connectivity index (χ1v) is 8.42. The summed E-state index contributed by atoms with van der Waals surface area (Å²) < 4.78 is 0.531. The van der Waals surface area contributed by atoms with E-state index in [0.717, 1.165) is 37.4 Å². The van der Waals surface area contributed by atoms with Crippen LogP contribution in [0.3, 0.4) is 0 Å². The van der Waals surface area contributed by atoms with Crippen molar-refractivity contribution in [2.75, 3.05) is 38.1 Å². The van der Waals surface area contributed by atoms with Crippen LogP contribution in [0.1, 0.15) is 53.0 Å². The van der Waals surface area contributed by atoms with Gasteiger partial charge in [-0.25, -0.2) is 0 Å². The number of anilines is 1. The fraction of sp³-hybridized carbons (Fsp3) is 0.765. The Morgan fingerprint density at radius 2 is 1.52 bits per heavy atom. The quantitative estimate of drug-likeness (QED) is 0.686. The molecule has 0 saturated heterocycles. The van der Waals surface area contributed by atoms with E-state index in [1.807, 2.05) is 7.05 Å². The van der Waals surface area contributed by atoms with E-state index in [-0.39, 0.29) is 10.8 Å². The first-order chi connectivity index (χ1) is 9.73. The van der Waals surface area contributed by atoms with Gasteiger partial charge in [-0.1, -0.05) is 46.8 Å². The summed E-state index contributed by atoms with van der Waals surface area (Å²) >= 11 is 5.25. The zero-order valence-corrected chi connectivity index (χ0v) is 15.3. The highest BCUT2D eigenvalue weighted by Gasteiger charge is 2.29. The van der Waals surface area contributed by atoms with Crippen LogP contribution in [0.5, 0.6) is 0 Å². The molecular weight excluding hydrogens is 280 g/mol. The minimum Gasteiger partial charge on any atom is -0.370 e. The molecule has 0 fully saturated rings. The molecule has 21 heavy (non-hydrogen) atoms. The van der Waals surface area contributed by atoms with Crippen molar-refractivity contribution in [2.24, 2.45) is 0 Å². The molecule has 0 atom stereocenters. The SMILES string of the molecule is CCCN(CCC)CCN(C)c1c(C(C)(C)C)c(=S)c1=O. The zero-order valence-electron chi connectivity index (χ0n) is 14.5. The summed E-state index contributed by atoms with van der Waals surface area (Å²) in [6.07, 6.45) is 2.34. The molecule has 0 aromatic heterocycles. The molecule has 1 aromatic carbocycles. The van der Waals surface area contributed by atoms with Crippen LogP contribution in [-0.2, 0) is 5.41 Å². The highest BCUT2D eigenvalue weighted by atomic mass is 32.1. The van der Waals surface area contributed by atoms with Gasteiger partial charge in [0.1, 0.15) is 0 Å². The van der Waals surface area contributed by atoms with E-state index in [2.05, 4.69) is 44.4 Å². The number of hydrogen-bond donors (Lipinski definition) is 0. The Labute approximate surface area is 134 Å².